The first-order chi connectivity index (χ1) is 11.7. The molecule has 134 valence electrons. The maximum Gasteiger partial charge on any atom is 0.408 e. The summed E-state index contributed by atoms with van der Waals surface area (Å²) in [5.41, 5.74) is 7.30. The molecule has 0 bridgehead atoms. The summed E-state index contributed by atoms with van der Waals surface area (Å²) in [5, 5.41) is 6.15. The predicted molar refractivity (Wildman–Crippen MR) is 88.9 cm³/mol. The number of nitrogens with two attached hydrogens (primary N) is 1. The van der Waals surface area contributed by atoms with E-state index in [1.807, 2.05) is 0 Å². The van der Waals surface area contributed by atoms with Crippen molar-refractivity contribution in [1.29, 1.82) is 0 Å². The molecular formula is C15H15ClF3N5O. The Bertz CT molecular complexity index is 820. The topological polar surface area (TPSA) is 87.5 Å². The molecule has 25 heavy (non-hydrogen) atoms. The Balaban J connectivity index is 1.99. The lowest BCUT2D eigenvalue weighted by Gasteiger charge is -2.38. The number of aromatic amines is 1. The number of hydrogen-bond acceptors (Lipinski definition) is 4. The molecule has 0 saturated heterocycles. The number of anilines is 1. The average Bonchev–Trinajstić information content (AvgIpc) is 2.99. The van der Waals surface area contributed by atoms with Crippen molar-refractivity contribution in [2.24, 2.45) is 10.7 Å². The van der Waals surface area contributed by atoms with Crippen molar-refractivity contribution < 1.29 is 17.9 Å². The summed E-state index contributed by atoms with van der Waals surface area (Å²) in [6.07, 6.45) is -2.84. The number of nitrogens with one attached hydrogen (secondary N) is 3. The fraction of sp³-hybridized carbons (Fsp3) is 0.267. The highest BCUT2D eigenvalue weighted by atomic mass is 35.5. The van der Waals surface area contributed by atoms with Crippen molar-refractivity contribution in [2.75, 3.05) is 19.0 Å². The molecule has 2 heterocycles. The Morgan fingerprint density at radius 2 is 2.04 bits per heavy atom. The number of aromatic nitrogens is 1. The summed E-state index contributed by atoms with van der Waals surface area (Å²) in [4.78, 5) is 6.52. The molecule has 1 aliphatic rings. The Labute approximate surface area is 146 Å². The second-order valence-corrected chi connectivity index (χ2v) is 5.86. The molecule has 0 aliphatic carbocycles. The standard InChI is InChI=1S/C15H15ClF3N5O/c1-25-11-3-2-8(6-10(11)16)15(20)23-12-9(4-5-21-12)13(24-15)22-7-14(17,18)19/h2-6,21,23H,7,20H2,1H3,(H,22,24). The molecule has 0 saturated carbocycles. The third-order valence-corrected chi connectivity index (χ3v) is 3.96. The Morgan fingerprint density at radius 3 is 2.68 bits per heavy atom. The number of H-pyrrole nitrogens is 1. The number of aliphatic imine (C=N–C) groups is 1. The number of halogens is 4. The number of methoxy groups -OCH3 is 1. The van der Waals surface area contributed by atoms with Gasteiger partial charge in [-0.15, -0.1) is 0 Å². The van der Waals surface area contributed by atoms with Crippen molar-refractivity contribution in [3.05, 3.63) is 46.6 Å². The summed E-state index contributed by atoms with van der Waals surface area (Å²) in [6.45, 7) is -1.32. The maximum atomic E-state index is 12.5. The minimum atomic E-state index is -4.42. The summed E-state index contributed by atoms with van der Waals surface area (Å²) in [7, 11) is 1.48. The van der Waals surface area contributed by atoms with Gasteiger partial charge < -0.3 is 20.4 Å². The van der Waals surface area contributed by atoms with Crippen LogP contribution in [0.5, 0.6) is 5.75 Å². The number of ether oxygens (including phenoxy) is 1. The van der Waals surface area contributed by atoms with Crippen LogP contribution in [0.4, 0.5) is 19.0 Å². The Morgan fingerprint density at radius 1 is 1.28 bits per heavy atom. The van der Waals surface area contributed by atoms with Crippen molar-refractivity contribution >= 4 is 23.3 Å². The van der Waals surface area contributed by atoms with E-state index in [4.69, 9.17) is 22.1 Å². The number of alkyl halides is 3. The summed E-state index contributed by atoms with van der Waals surface area (Å²) in [5.74, 6) is -0.467. The van der Waals surface area contributed by atoms with Gasteiger partial charge in [0.1, 0.15) is 23.9 Å². The van der Waals surface area contributed by atoms with Crippen LogP contribution in [0.3, 0.4) is 0 Å². The zero-order valence-corrected chi connectivity index (χ0v) is 13.8. The number of fused-ring (bicyclic) bond motifs is 1. The molecule has 3 rings (SSSR count). The van der Waals surface area contributed by atoms with Crippen LogP contribution in [0.15, 0.2) is 35.5 Å². The highest BCUT2D eigenvalue weighted by Crippen LogP contribution is 2.32. The van der Waals surface area contributed by atoms with Crippen molar-refractivity contribution in [1.82, 2.24) is 10.3 Å². The minimum absolute atomic E-state index is 0.0294. The van der Waals surface area contributed by atoms with Crippen LogP contribution in [0.1, 0.15) is 11.1 Å². The normalized spacial score (nSPS) is 21.4. The molecule has 0 amide bonds. The van der Waals surface area contributed by atoms with Gasteiger partial charge in [0.2, 0.25) is 0 Å². The molecule has 1 aromatic carbocycles. The molecule has 2 aromatic rings. The second kappa shape index (κ2) is 6.16. The van der Waals surface area contributed by atoms with Gasteiger partial charge in [-0.1, -0.05) is 11.6 Å². The molecule has 0 radical (unpaired) electrons. The number of hydrogen-bond donors (Lipinski definition) is 4. The van der Waals surface area contributed by atoms with Gasteiger partial charge in [-0.05, 0) is 24.3 Å². The monoisotopic (exact) mass is 373 g/mol. The zero-order chi connectivity index (χ0) is 18.2. The van der Waals surface area contributed by atoms with E-state index < -0.39 is 18.5 Å². The Kier molecular flexibility index (Phi) is 4.29. The molecule has 0 spiro atoms. The zero-order valence-electron chi connectivity index (χ0n) is 13.0. The quantitative estimate of drug-likeness (QED) is 0.666. The van der Waals surface area contributed by atoms with Crippen LogP contribution in [0, 0.1) is 0 Å². The molecule has 0 fully saturated rings. The smallest absolute Gasteiger partial charge is 0.408 e. The van der Waals surface area contributed by atoms with Gasteiger partial charge in [0.25, 0.3) is 0 Å². The third kappa shape index (κ3) is 3.52. The van der Waals surface area contributed by atoms with Crippen LogP contribution < -0.4 is 21.1 Å². The second-order valence-electron chi connectivity index (χ2n) is 5.45. The molecular weight excluding hydrogens is 359 g/mol. The van der Waals surface area contributed by atoms with E-state index in [0.29, 0.717) is 27.7 Å². The van der Waals surface area contributed by atoms with Gasteiger partial charge in [-0.2, -0.15) is 13.2 Å². The molecule has 5 N–H and O–H groups in total. The van der Waals surface area contributed by atoms with Gasteiger partial charge in [-0.3, -0.25) is 10.7 Å². The summed E-state index contributed by atoms with van der Waals surface area (Å²) in [6, 6.07) is 6.44. The van der Waals surface area contributed by atoms with Crippen LogP contribution in [-0.4, -0.2) is 30.7 Å². The SMILES string of the molecule is COc1ccc(C2(N)NC(=NCC(F)(F)F)c3cc[nH]c3N2)cc1Cl. The van der Waals surface area contributed by atoms with Gasteiger partial charge >= 0.3 is 6.18 Å². The molecule has 1 atom stereocenters. The minimum Gasteiger partial charge on any atom is -0.495 e. The van der Waals surface area contributed by atoms with Crippen LogP contribution in [0.25, 0.3) is 0 Å². The van der Waals surface area contributed by atoms with E-state index >= 15 is 0 Å². The first kappa shape index (κ1) is 17.4. The predicted octanol–water partition coefficient (Wildman–Crippen LogP) is 2.77. The first-order valence-electron chi connectivity index (χ1n) is 7.20. The highest BCUT2D eigenvalue weighted by molar-refractivity contribution is 6.32. The van der Waals surface area contributed by atoms with Gasteiger partial charge in [0.05, 0.1) is 17.7 Å². The van der Waals surface area contributed by atoms with E-state index in [1.54, 1.807) is 30.5 Å². The van der Waals surface area contributed by atoms with Crippen molar-refractivity contribution in [2.45, 2.75) is 12.0 Å². The summed E-state index contributed by atoms with van der Waals surface area (Å²) >= 11 is 6.12. The van der Waals surface area contributed by atoms with Crippen LogP contribution >= 0.6 is 11.6 Å². The number of benzene rings is 1. The van der Waals surface area contributed by atoms with E-state index in [2.05, 4.69) is 20.6 Å². The lowest BCUT2D eigenvalue weighted by atomic mass is 10.0. The molecule has 6 nitrogen and oxygen atoms in total. The van der Waals surface area contributed by atoms with Crippen LogP contribution in [0.2, 0.25) is 5.02 Å². The Hall–Kier alpha value is -2.39. The largest absolute Gasteiger partial charge is 0.495 e. The highest BCUT2D eigenvalue weighted by Gasteiger charge is 2.36. The summed E-state index contributed by atoms with van der Waals surface area (Å²) < 4.78 is 42.7. The lowest BCUT2D eigenvalue weighted by molar-refractivity contribution is -0.118. The third-order valence-electron chi connectivity index (χ3n) is 3.66. The van der Waals surface area contributed by atoms with E-state index in [9.17, 15) is 13.2 Å². The first-order valence-corrected chi connectivity index (χ1v) is 7.58. The van der Waals surface area contributed by atoms with Crippen molar-refractivity contribution in [3.8, 4) is 5.75 Å². The van der Waals surface area contributed by atoms with Crippen molar-refractivity contribution in [3.63, 3.8) is 0 Å². The van der Waals surface area contributed by atoms with E-state index in [0.717, 1.165) is 0 Å². The number of nitrogens with zero attached hydrogens (tertiary/aromatic N) is 1. The van der Waals surface area contributed by atoms with Gasteiger partial charge in [0, 0.05) is 11.8 Å². The lowest BCUT2D eigenvalue weighted by Crippen LogP contribution is -2.61. The van der Waals surface area contributed by atoms with Gasteiger partial charge in [0.15, 0.2) is 5.79 Å². The van der Waals surface area contributed by atoms with E-state index in [1.165, 1.54) is 7.11 Å². The maximum absolute atomic E-state index is 12.5. The fourth-order valence-corrected chi connectivity index (χ4v) is 2.76. The molecule has 1 unspecified atom stereocenters. The molecule has 1 aromatic heterocycles. The fourth-order valence-electron chi connectivity index (χ4n) is 2.50. The van der Waals surface area contributed by atoms with E-state index in [-0.39, 0.29) is 5.84 Å². The molecule has 1 aliphatic heterocycles. The van der Waals surface area contributed by atoms with Crippen LogP contribution in [-0.2, 0) is 5.79 Å². The molecule has 10 heteroatoms. The number of amidine groups is 1. The average molecular weight is 374 g/mol. The number of rotatable bonds is 3. The van der Waals surface area contributed by atoms with Gasteiger partial charge in [-0.25, -0.2) is 0 Å².